The van der Waals surface area contributed by atoms with Crippen LogP contribution in [0.3, 0.4) is 0 Å². The maximum atomic E-state index is 12.2. The van der Waals surface area contributed by atoms with Crippen molar-refractivity contribution in [2.75, 3.05) is 26.8 Å². The van der Waals surface area contributed by atoms with Crippen molar-refractivity contribution in [1.82, 2.24) is 10.6 Å². The zero-order chi connectivity index (χ0) is 21.0. The second kappa shape index (κ2) is 12.2. The Labute approximate surface area is 180 Å². The molecule has 1 fully saturated rings. The highest BCUT2D eigenvalue weighted by atomic mass is 16.5. The van der Waals surface area contributed by atoms with Crippen LogP contribution in [0.5, 0.6) is 11.5 Å². The summed E-state index contributed by atoms with van der Waals surface area (Å²) in [7, 11) is 1.65. The van der Waals surface area contributed by atoms with E-state index >= 15 is 0 Å². The summed E-state index contributed by atoms with van der Waals surface area (Å²) in [5.74, 6) is 2.35. The van der Waals surface area contributed by atoms with Crippen LogP contribution in [0.1, 0.15) is 43.2 Å². The van der Waals surface area contributed by atoms with E-state index in [1.807, 2.05) is 36.4 Å². The molecule has 1 heterocycles. The topological polar surface area (TPSA) is 59.6 Å². The SMILES string of the molecule is COc1ccc(OCCC2CCCNC2)cc1CNC(=O)CCCc1ccccc1. The Hall–Kier alpha value is -2.53. The molecule has 0 saturated carbocycles. The van der Waals surface area contributed by atoms with Crippen LogP contribution >= 0.6 is 0 Å². The van der Waals surface area contributed by atoms with Gasteiger partial charge in [0.05, 0.1) is 13.7 Å². The summed E-state index contributed by atoms with van der Waals surface area (Å²) in [6.45, 7) is 3.38. The molecule has 30 heavy (non-hydrogen) atoms. The van der Waals surface area contributed by atoms with Crippen LogP contribution in [0.4, 0.5) is 0 Å². The second-order valence-electron chi connectivity index (χ2n) is 7.94. The number of aryl methyl sites for hydroxylation is 1. The maximum Gasteiger partial charge on any atom is 0.220 e. The smallest absolute Gasteiger partial charge is 0.220 e. The Kier molecular flexibility index (Phi) is 9.04. The molecule has 0 aromatic heterocycles. The van der Waals surface area contributed by atoms with Crippen LogP contribution < -0.4 is 20.1 Å². The average Bonchev–Trinajstić information content (AvgIpc) is 2.79. The van der Waals surface area contributed by atoms with E-state index in [1.165, 1.54) is 18.4 Å². The second-order valence-corrected chi connectivity index (χ2v) is 7.94. The lowest BCUT2D eigenvalue weighted by Crippen LogP contribution is -2.30. The Balaban J connectivity index is 1.43. The number of piperidine rings is 1. The first-order chi connectivity index (χ1) is 14.7. The molecular formula is C25H34N2O3. The van der Waals surface area contributed by atoms with Gasteiger partial charge in [-0.2, -0.15) is 0 Å². The number of carbonyl (C=O) groups excluding carboxylic acids is 1. The van der Waals surface area contributed by atoms with Crippen LogP contribution in [0.2, 0.25) is 0 Å². The monoisotopic (exact) mass is 410 g/mol. The van der Waals surface area contributed by atoms with Crippen LogP contribution in [0.25, 0.3) is 0 Å². The third-order valence-corrected chi connectivity index (χ3v) is 5.63. The van der Waals surface area contributed by atoms with E-state index < -0.39 is 0 Å². The van der Waals surface area contributed by atoms with Gasteiger partial charge in [-0.15, -0.1) is 0 Å². The van der Waals surface area contributed by atoms with E-state index in [1.54, 1.807) is 7.11 Å². The summed E-state index contributed by atoms with van der Waals surface area (Å²) in [6.07, 6.45) is 5.86. The molecule has 0 radical (unpaired) electrons. The third-order valence-electron chi connectivity index (χ3n) is 5.63. The molecule has 0 bridgehead atoms. The quantitative estimate of drug-likeness (QED) is 0.585. The van der Waals surface area contributed by atoms with Crippen molar-refractivity contribution in [3.05, 3.63) is 59.7 Å². The fourth-order valence-corrected chi connectivity index (χ4v) is 3.88. The molecule has 0 spiro atoms. The fourth-order valence-electron chi connectivity index (χ4n) is 3.88. The highest BCUT2D eigenvalue weighted by Gasteiger charge is 2.13. The number of rotatable bonds is 11. The van der Waals surface area contributed by atoms with Gasteiger partial charge >= 0.3 is 0 Å². The van der Waals surface area contributed by atoms with Crippen LogP contribution in [0, 0.1) is 5.92 Å². The number of hydrogen-bond acceptors (Lipinski definition) is 4. The molecule has 2 N–H and O–H groups in total. The van der Waals surface area contributed by atoms with Crippen molar-refractivity contribution >= 4 is 5.91 Å². The molecule has 2 aromatic rings. The van der Waals surface area contributed by atoms with Gasteiger partial charge < -0.3 is 20.1 Å². The first kappa shape index (κ1) is 22.2. The highest BCUT2D eigenvalue weighted by molar-refractivity contribution is 5.76. The molecule has 5 nitrogen and oxygen atoms in total. The molecule has 3 rings (SSSR count). The minimum atomic E-state index is 0.0594. The summed E-state index contributed by atoms with van der Waals surface area (Å²) in [5.41, 5.74) is 2.20. The molecule has 5 heteroatoms. The molecule has 0 aliphatic carbocycles. The molecule has 1 amide bonds. The first-order valence-electron chi connectivity index (χ1n) is 11.1. The van der Waals surface area contributed by atoms with E-state index in [2.05, 4.69) is 22.8 Å². The summed E-state index contributed by atoms with van der Waals surface area (Å²) in [5, 5.41) is 6.46. The van der Waals surface area contributed by atoms with Crippen molar-refractivity contribution in [2.24, 2.45) is 5.92 Å². The molecular weight excluding hydrogens is 376 g/mol. The van der Waals surface area contributed by atoms with E-state index in [0.717, 1.165) is 49.4 Å². The van der Waals surface area contributed by atoms with Gasteiger partial charge in [0.2, 0.25) is 5.91 Å². The number of nitrogens with one attached hydrogen (secondary N) is 2. The van der Waals surface area contributed by atoms with Gasteiger partial charge in [0, 0.05) is 18.5 Å². The van der Waals surface area contributed by atoms with Crippen molar-refractivity contribution in [2.45, 2.75) is 45.1 Å². The average molecular weight is 411 g/mol. The third kappa shape index (κ3) is 7.38. The lowest BCUT2D eigenvalue weighted by Gasteiger charge is -2.22. The molecule has 1 aliphatic rings. The van der Waals surface area contributed by atoms with Gasteiger partial charge in [-0.3, -0.25) is 4.79 Å². The lowest BCUT2D eigenvalue weighted by atomic mass is 9.97. The summed E-state index contributed by atoms with van der Waals surface area (Å²) < 4.78 is 11.4. The van der Waals surface area contributed by atoms with Gasteiger partial charge in [0.1, 0.15) is 11.5 Å². The van der Waals surface area contributed by atoms with E-state index in [-0.39, 0.29) is 5.91 Å². The Morgan fingerprint density at radius 1 is 1.20 bits per heavy atom. The van der Waals surface area contributed by atoms with Crippen LogP contribution in [-0.4, -0.2) is 32.7 Å². The predicted molar refractivity (Wildman–Crippen MR) is 120 cm³/mol. The van der Waals surface area contributed by atoms with Crippen LogP contribution in [0.15, 0.2) is 48.5 Å². The number of amides is 1. The number of methoxy groups -OCH3 is 1. The standard InChI is InChI=1S/C25H34N2O3/c1-29-24-13-12-23(30-16-14-21-10-6-15-26-18-21)17-22(24)19-27-25(28)11-5-9-20-7-3-2-4-8-20/h2-4,7-8,12-13,17,21,26H,5-6,9-11,14-16,18-19H2,1H3,(H,27,28). The predicted octanol–water partition coefficient (Wildman–Crippen LogP) is 4.10. The van der Waals surface area contributed by atoms with Crippen molar-refractivity contribution in [3.63, 3.8) is 0 Å². The van der Waals surface area contributed by atoms with Gasteiger partial charge in [-0.1, -0.05) is 30.3 Å². The number of hydrogen-bond donors (Lipinski definition) is 2. The Bertz CT molecular complexity index is 773. The summed E-state index contributed by atoms with van der Waals surface area (Å²) in [4.78, 5) is 12.2. The highest BCUT2D eigenvalue weighted by Crippen LogP contribution is 2.25. The molecule has 162 valence electrons. The minimum Gasteiger partial charge on any atom is -0.496 e. The van der Waals surface area contributed by atoms with Crippen molar-refractivity contribution in [1.29, 1.82) is 0 Å². The molecule has 1 aliphatic heterocycles. The van der Waals surface area contributed by atoms with Crippen LogP contribution in [-0.2, 0) is 17.8 Å². The first-order valence-corrected chi connectivity index (χ1v) is 11.1. The normalized spacial score (nSPS) is 16.1. The van der Waals surface area contributed by atoms with Crippen molar-refractivity contribution < 1.29 is 14.3 Å². The minimum absolute atomic E-state index is 0.0594. The van der Waals surface area contributed by atoms with E-state index in [4.69, 9.17) is 9.47 Å². The zero-order valence-electron chi connectivity index (χ0n) is 18.0. The fraction of sp³-hybridized carbons (Fsp3) is 0.480. The van der Waals surface area contributed by atoms with Crippen molar-refractivity contribution in [3.8, 4) is 11.5 Å². The number of ether oxygens (including phenoxy) is 2. The maximum absolute atomic E-state index is 12.2. The number of benzene rings is 2. The lowest BCUT2D eigenvalue weighted by molar-refractivity contribution is -0.121. The van der Waals surface area contributed by atoms with Gasteiger partial charge in [-0.05, 0) is 74.9 Å². The Morgan fingerprint density at radius 2 is 2.07 bits per heavy atom. The Morgan fingerprint density at radius 3 is 2.83 bits per heavy atom. The largest absolute Gasteiger partial charge is 0.496 e. The van der Waals surface area contributed by atoms with Gasteiger partial charge in [0.25, 0.3) is 0 Å². The molecule has 1 unspecified atom stereocenters. The number of carbonyl (C=O) groups is 1. The molecule has 1 saturated heterocycles. The summed E-state index contributed by atoms with van der Waals surface area (Å²) in [6, 6.07) is 16.1. The molecule has 1 atom stereocenters. The molecule has 2 aromatic carbocycles. The zero-order valence-corrected chi connectivity index (χ0v) is 18.0. The van der Waals surface area contributed by atoms with E-state index in [0.29, 0.717) is 25.5 Å². The summed E-state index contributed by atoms with van der Waals surface area (Å²) >= 11 is 0. The van der Waals surface area contributed by atoms with E-state index in [9.17, 15) is 4.79 Å². The van der Waals surface area contributed by atoms with Gasteiger partial charge in [-0.25, -0.2) is 0 Å². The van der Waals surface area contributed by atoms with Gasteiger partial charge in [0.15, 0.2) is 0 Å².